The molecule has 0 radical (unpaired) electrons. The Morgan fingerprint density at radius 3 is 2.79 bits per heavy atom. The normalized spacial score (nSPS) is 11.9. The number of carboxylic acids is 1. The molecule has 0 amide bonds. The SMILES string of the molecule is CCCCOC(=O)c1cccc(C[C@@H](N)C(=O)O)c1. The minimum Gasteiger partial charge on any atom is -0.480 e. The van der Waals surface area contributed by atoms with Crippen molar-refractivity contribution in [1.82, 2.24) is 0 Å². The molecule has 0 saturated carbocycles. The summed E-state index contributed by atoms with van der Waals surface area (Å²) < 4.78 is 5.09. The molecule has 3 N–H and O–H groups in total. The van der Waals surface area contributed by atoms with Crippen LogP contribution in [0.1, 0.15) is 35.7 Å². The fraction of sp³-hybridized carbons (Fsp3) is 0.429. The second-order valence-corrected chi connectivity index (χ2v) is 4.34. The van der Waals surface area contributed by atoms with Crippen LogP contribution in [0.25, 0.3) is 0 Å². The van der Waals surface area contributed by atoms with E-state index in [1.165, 1.54) is 0 Å². The van der Waals surface area contributed by atoms with Gasteiger partial charge in [0.05, 0.1) is 12.2 Å². The van der Waals surface area contributed by atoms with Gasteiger partial charge < -0.3 is 15.6 Å². The molecular formula is C14H19NO4. The molecule has 104 valence electrons. The topological polar surface area (TPSA) is 89.6 Å². The second kappa shape index (κ2) is 7.53. The van der Waals surface area contributed by atoms with Crippen molar-refractivity contribution in [2.45, 2.75) is 32.2 Å². The van der Waals surface area contributed by atoms with Crippen LogP contribution in [0.2, 0.25) is 0 Å². The Morgan fingerprint density at radius 2 is 2.16 bits per heavy atom. The predicted octanol–water partition coefficient (Wildman–Crippen LogP) is 1.60. The molecule has 0 heterocycles. The minimum atomic E-state index is -1.06. The molecule has 1 atom stereocenters. The van der Waals surface area contributed by atoms with Crippen molar-refractivity contribution >= 4 is 11.9 Å². The quantitative estimate of drug-likeness (QED) is 0.577. The molecule has 1 rings (SSSR count). The van der Waals surface area contributed by atoms with Crippen molar-refractivity contribution < 1.29 is 19.4 Å². The molecule has 0 aliphatic heterocycles. The van der Waals surface area contributed by atoms with E-state index in [1.54, 1.807) is 24.3 Å². The molecule has 5 nitrogen and oxygen atoms in total. The number of aliphatic carboxylic acids is 1. The zero-order valence-corrected chi connectivity index (χ0v) is 11.0. The fourth-order valence-corrected chi connectivity index (χ4v) is 1.56. The molecule has 5 heteroatoms. The van der Waals surface area contributed by atoms with E-state index in [9.17, 15) is 9.59 Å². The molecule has 0 bridgehead atoms. The summed E-state index contributed by atoms with van der Waals surface area (Å²) in [6.07, 6.45) is 1.97. The smallest absolute Gasteiger partial charge is 0.338 e. The van der Waals surface area contributed by atoms with E-state index in [1.807, 2.05) is 6.92 Å². The fourth-order valence-electron chi connectivity index (χ4n) is 1.56. The average molecular weight is 265 g/mol. The zero-order valence-electron chi connectivity index (χ0n) is 11.0. The standard InChI is InChI=1S/C14H19NO4/c1-2-3-7-19-14(18)11-6-4-5-10(8-11)9-12(15)13(16)17/h4-6,8,12H,2-3,7,9,15H2,1H3,(H,16,17)/t12-/m1/s1. The maximum Gasteiger partial charge on any atom is 0.338 e. The van der Waals surface area contributed by atoms with Gasteiger partial charge in [-0.25, -0.2) is 4.79 Å². The number of esters is 1. The summed E-state index contributed by atoms with van der Waals surface area (Å²) >= 11 is 0. The number of benzene rings is 1. The van der Waals surface area contributed by atoms with E-state index in [-0.39, 0.29) is 12.4 Å². The molecule has 19 heavy (non-hydrogen) atoms. The molecule has 0 aliphatic rings. The third-order valence-corrected chi connectivity index (χ3v) is 2.67. The lowest BCUT2D eigenvalue weighted by molar-refractivity contribution is -0.138. The first-order chi connectivity index (χ1) is 9.04. The molecule has 0 aliphatic carbocycles. The first-order valence-electron chi connectivity index (χ1n) is 6.29. The van der Waals surface area contributed by atoms with Gasteiger partial charge in [-0.15, -0.1) is 0 Å². The number of rotatable bonds is 7. The van der Waals surface area contributed by atoms with Gasteiger partial charge in [0.25, 0.3) is 0 Å². The van der Waals surface area contributed by atoms with Crippen molar-refractivity contribution in [3.8, 4) is 0 Å². The molecule has 0 unspecified atom stereocenters. The van der Waals surface area contributed by atoms with E-state index < -0.39 is 12.0 Å². The molecule has 0 saturated heterocycles. The van der Waals surface area contributed by atoms with Gasteiger partial charge in [0.15, 0.2) is 0 Å². The highest BCUT2D eigenvalue weighted by Gasteiger charge is 2.13. The average Bonchev–Trinajstić information content (AvgIpc) is 2.39. The highest BCUT2D eigenvalue weighted by molar-refractivity contribution is 5.89. The van der Waals surface area contributed by atoms with Crippen LogP contribution >= 0.6 is 0 Å². The number of hydrogen-bond acceptors (Lipinski definition) is 4. The van der Waals surface area contributed by atoms with Crippen LogP contribution in [0.15, 0.2) is 24.3 Å². The Hall–Kier alpha value is -1.88. The molecule has 0 fully saturated rings. The number of carboxylic acid groups (broad SMARTS) is 1. The van der Waals surface area contributed by atoms with E-state index >= 15 is 0 Å². The monoisotopic (exact) mass is 265 g/mol. The minimum absolute atomic E-state index is 0.186. The summed E-state index contributed by atoms with van der Waals surface area (Å²) in [4.78, 5) is 22.4. The van der Waals surface area contributed by atoms with E-state index in [4.69, 9.17) is 15.6 Å². The van der Waals surface area contributed by atoms with Gasteiger partial charge in [0.2, 0.25) is 0 Å². The summed E-state index contributed by atoms with van der Waals surface area (Å²) in [5.74, 6) is -1.45. The third kappa shape index (κ3) is 5.09. The highest BCUT2D eigenvalue weighted by atomic mass is 16.5. The second-order valence-electron chi connectivity index (χ2n) is 4.34. The lowest BCUT2D eigenvalue weighted by Crippen LogP contribution is -2.32. The lowest BCUT2D eigenvalue weighted by atomic mass is 10.0. The number of carbonyl (C=O) groups excluding carboxylic acids is 1. The van der Waals surface area contributed by atoms with Gasteiger partial charge in [-0.2, -0.15) is 0 Å². The highest BCUT2D eigenvalue weighted by Crippen LogP contribution is 2.09. The summed E-state index contributed by atoms with van der Waals surface area (Å²) in [5.41, 5.74) is 6.59. The van der Waals surface area contributed by atoms with Gasteiger partial charge in [-0.3, -0.25) is 4.79 Å². The first kappa shape index (κ1) is 15.2. The van der Waals surface area contributed by atoms with Gasteiger partial charge in [-0.1, -0.05) is 25.5 Å². The Balaban J connectivity index is 2.66. The van der Waals surface area contributed by atoms with Crippen LogP contribution in [-0.4, -0.2) is 29.7 Å². The van der Waals surface area contributed by atoms with Crippen LogP contribution in [0.4, 0.5) is 0 Å². The van der Waals surface area contributed by atoms with Gasteiger partial charge in [-0.05, 0) is 30.5 Å². The number of nitrogens with two attached hydrogens (primary N) is 1. The summed E-state index contributed by atoms with van der Waals surface area (Å²) in [7, 11) is 0. The van der Waals surface area contributed by atoms with Crippen molar-refractivity contribution in [2.75, 3.05) is 6.61 Å². The number of carbonyl (C=O) groups is 2. The number of unbranched alkanes of at least 4 members (excludes halogenated alkanes) is 1. The Morgan fingerprint density at radius 1 is 1.42 bits per heavy atom. The van der Waals surface area contributed by atoms with Crippen LogP contribution in [0.3, 0.4) is 0 Å². The first-order valence-corrected chi connectivity index (χ1v) is 6.29. The molecule has 1 aromatic carbocycles. The summed E-state index contributed by atoms with van der Waals surface area (Å²) in [5, 5.41) is 8.75. The molecule has 1 aromatic rings. The van der Waals surface area contributed by atoms with Gasteiger partial charge in [0.1, 0.15) is 6.04 Å². The zero-order chi connectivity index (χ0) is 14.3. The van der Waals surface area contributed by atoms with Crippen LogP contribution in [0, 0.1) is 0 Å². The van der Waals surface area contributed by atoms with E-state index in [0.29, 0.717) is 17.7 Å². The Labute approximate surface area is 112 Å². The van der Waals surface area contributed by atoms with E-state index in [2.05, 4.69) is 0 Å². The summed E-state index contributed by atoms with van der Waals surface area (Å²) in [6.45, 7) is 2.41. The van der Waals surface area contributed by atoms with Crippen LogP contribution in [-0.2, 0) is 16.0 Å². The van der Waals surface area contributed by atoms with Crippen molar-refractivity contribution in [3.05, 3.63) is 35.4 Å². The molecule has 0 spiro atoms. The van der Waals surface area contributed by atoms with Crippen molar-refractivity contribution in [1.29, 1.82) is 0 Å². The largest absolute Gasteiger partial charge is 0.480 e. The Kier molecular flexibility index (Phi) is 6.02. The van der Waals surface area contributed by atoms with E-state index in [0.717, 1.165) is 12.8 Å². The summed E-state index contributed by atoms with van der Waals surface area (Å²) in [6, 6.07) is 5.74. The molecule has 0 aromatic heterocycles. The van der Waals surface area contributed by atoms with Crippen LogP contribution < -0.4 is 5.73 Å². The third-order valence-electron chi connectivity index (χ3n) is 2.67. The lowest BCUT2D eigenvalue weighted by Gasteiger charge is -2.08. The van der Waals surface area contributed by atoms with Crippen molar-refractivity contribution in [2.24, 2.45) is 5.73 Å². The number of ether oxygens (including phenoxy) is 1. The van der Waals surface area contributed by atoms with Gasteiger partial charge in [0, 0.05) is 0 Å². The van der Waals surface area contributed by atoms with Gasteiger partial charge >= 0.3 is 11.9 Å². The van der Waals surface area contributed by atoms with Crippen LogP contribution in [0.5, 0.6) is 0 Å². The number of hydrogen-bond donors (Lipinski definition) is 2. The maximum atomic E-state index is 11.7. The molecular weight excluding hydrogens is 246 g/mol. The van der Waals surface area contributed by atoms with Crippen molar-refractivity contribution in [3.63, 3.8) is 0 Å². The Bertz CT molecular complexity index is 445. The predicted molar refractivity (Wildman–Crippen MR) is 70.9 cm³/mol. The maximum absolute atomic E-state index is 11.7.